The zero-order valence-corrected chi connectivity index (χ0v) is 40.8. The minimum atomic E-state index is -3.79. The van der Waals surface area contributed by atoms with E-state index in [1.807, 2.05) is 106 Å². The Morgan fingerprint density at radius 1 is 0.478 bits per heavy atom. The van der Waals surface area contributed by atoms with Crippen LogP contribution in [-0.4, -0.2) is 16.8 Å². The summed E-state index contributed by atoms with van der Waals surface area (Å²) >= 11 is 12.8. The van der Waals surface area contributed by atoms with E-state index in [9.17, 15) is 16.8 Å². The van der Waals surface area contributed by atoms with Crippen molar-refractivity contribution >= 4 is 42.9 Å². The van der Waals surface area contributed by atoms with Crippen LogP contribution in [0.5, 0.6) is 17.2 Å². The normalized spacial score (nSPS) is 13.6. The lowest BCUT2D eigenvalue weighted by Crippen LogP contribution is -2.29. The van der Waals surface area contributed by atoms with Gasteiger partial charge >= 0.3 is 0 Å². The van der Waals surface area contributed by atoms with Crippen LogP contribution >= 0.6 is 23.2 Å². The van der Waals surface area contributed by atoms with Gasteiger partial charge in [-0.3, -0.25) is 0 Å². The number of halogens is 2. The van der Waals surface area contributed by atoms with Gasteiger partial charge in [0.2, 0.25) is 19.7 Å². The van der Waals surface area contributed by atoms with E-state index in [2.05, 4.69) is 31.2 Å². The van der Waals surface area contributed by atoms with Gasteiger partial charge in [-0.25, -0.2) is 16.8 Å². The summed E-state index contributed by atoms with van der Waals surface area (Å²) in [6, 6.07) is 58.6. The van der Waals surface area contributed by atoms with Crippen molar-refractivity contribution in [2.45, 2.75) is 77.0 Å². The van der Waals surface area contributed by atoms with Crippen molar-refractivity contribution in [2.24, 2.45) is 0 Å². The fourth-order valence-corrected chi connectivity index (χ4v) is 11.1. The van der Waals surface area contributed by atoms with Gasteiger partial charge in [-0.05, 0) is 157 Å². The minimum Gasteiger partial charge on any atom is -0.482 e. The molecule has 8 aromatic carbocycles. The number of sulfone groups is 2. The SMILES string of the molecule is CCCC(C)(Cl)c1ccc(S(=O)(=O)c2ccc(Oc3ccc(-c4ccc(OC(C)(CC)c5ccc(S(=O)(=O)c6ccc(Cl)cc6)cc5)c(-c5ccccc5)c4)cc3-c3ccccc3)cc2)cc1. The van der Waals surface area contributed by atoms with Gasteiger partial charge in [0.05, 0.1) is 24.5 Å². The van der Waals surface area contributed by atoms with Crippen LogP contribution in [0.15, 0.2) is 214 Å². The van der Waals surface area contributed by atoms with Crippen molar-refractivity contribution in [3.63, 3.8) is 0 Å². The molecule has 0 aromatic heterocycles. The van der Waals surface area contributed by atoms with Crippen molar-refractivity contribution in [2.75, 3.05) is 0 Å². The molecule has 2 atom stereocenters. The Morgan fingerprint density at radius 3 is 1.36 bits per heavy atom. The Kier molecular flexibility index (Phi) is 13.8. The van der Waals surface area contributed by atoms with Gasteiger partial charge in [0.1, 0.15) is 22.8 Å². The Bertz CT molecular complexity index is 3210. The summed E-state index contributed by atoms with van der Waals surface area (Å²) in [5, 5.41) is 0.465. The number of rotatable bonds is 16. The van der Waals surface area contributed by atoms with Crippen LogP contribution in [0.25, 0.3) is 33.4 Å². The molecule has 0 aliphatic heterocycles. The Morgan fingerprint density at radius 2 is 0.896 bits per heavy atom. The lowest BCUT2D eigenvalue weighted by Gasteiger charge is -2.31. The van der Waals surface area contributed by atoms with Gasteiger partial charge in [0, 0.05) is 16.1 Å². The lowest BCUT2D eigenvalue weighted by atomic mass is 9.92. The van der Waals surface area contributed by atoms with E-state index < -0.39 is 30.1 Å². The van der Waals surface area contributed by atoms with Crippen LogP contribution in [0.2, 0.25) is 5.02 Å². The maximum absolute atomic E-state index is 13.7. The number of hydrogen-bond donors (Lipinski definition) is 0. The second-order valence-corrected chi connectivity index (χ2v) is 22.0. The van der Waals surface area contributed by atoms with Gasteiger partial charge in [-0.15, -0.1) is 11.6 Å². The molecule has 6 nitrogen and oxygen atoms in total. The second-order valence-electron chi connectivity index (χ2n) is 16.9. The summed E-state index contributed by atoms with van der Waals surface area (Å²) in [4.78, 5) is 0.143. The summed E-state index contributed by atoms with van der Waals surface area (Å²) in [6.07, 6.45) is 2.30. The third kappa shape index (κ3) is 10.2. The van der Waals surface area contributed by atoms with Gasteiger partial charge in [-0.1, -0.05) is 129 Å². The molecule has 0 amide bonds. The first-order valence-corrected chi connectivity index (χ1v) is 25.9. The third-order valence-corrected chi connectivity index (χ3v) is 16.4. The van der Waals surface area contributed by atoms with Gasteiger partial charge in [0.25, 0.3) is 0 Å². The molecule has 0 spiro atoms. The predicted octanol–water partition coefficient (Wildman–Crippen LogP) is 15.8. The van der Waals surface area contributed by atoms with Gasteiger partial charge in [-0.2, -0.15) is 0 Å². The average molecular weight is 966 g/mol. The number of alkyl halides is 1. The van der Waals surface area contributed by atoms with Gasteiger partial charge < -0.3 is 9.47 Å². The molecule has 0 heterocycles. The molecule has 0 saturated carbocycles. The standard InChI is InChI=1S/C57H50Cl2O6S2/c1-5-37-56(3,59)44-19-27-48(28-20-44)67(62,63)51-33-25-47(26-34-51)64-54-35-17-42(38-52(54)40-13-9-7-10-14-40)43-18-36-55(53(39-43)41-15-11-8-12-16-41)65-57(4,6-2)45-21-29-49(30-22-45)66(60,61)50-31-23-46(58)24-32-50/h7-36,38-39H,5-6,37H2,1-4H3. The molecule has 0 bridgehead atoms. The Labute approximate surface area is 404 Å². The fourth-order valence-electron chi connectivity index (χ4n) is 8.14. The molecular weight excluding hydrogens is 916 g/mol. The third-order valence-electron chi connectivity index (χ3n) is 12.2. The van der Waals surface area contributed by atoms with Crippen LogP contribution in [0.4, 0.5) is 0 Å². The minimum absolute atomic E-state index is 0.160. The summed E-state index contributed by atoms with van der Waals surface area (Å²) in [5.74, 6) is 1.76. The highest BCUT2D eigenvalue weighted by Gasteiger charge is 2.30. The Balaban J connectivity index is 1.08. The highest BCUT2D eigenvalue weighted by Crippen LogP contribution is 2.43. The summed E-state index contributed by atoms with van der Waals surface area (Å²) in [6.45, 7) is 8.08. The second kappa shape index (κ2) is 19.6. The molecule has 10 heteroatoms. The van der Waals surface area contributed by atoms with E-state index in [4.69, 9.17) is 32.7 Å². The molecule has 2 unspecified atom stereocenters. The predicted molar refractivity (Wildman–Crippen MR) is 271 cm³/mol. The smallest absolute Gasteiger partial charge is 0.206 e. The maximum Gasteiger partial charge on any atom is 0.206 e. The molecular formula is C57H50Cl2O6S2. The zero-order valence-electron chi connectivity index (χ0n) is 37.6. The summed E-state index contributed by atoms with van der Waals surface area (Å²) in [5.41, 5.74) is 6.47. The van der Waals surface area contributed by atoms with Crippen LogP contribution in [0.3, 0.4) is 0 Å². The van der Waals surface area contributed by atoms with E-state index in [1.165, 1.54) is 12.1 Å². The molecule has 0 aliphatic carbocycles. The molecule has 8 aromatic rings. The molecule has 0 N–H and O–H groups in total. The van der Waals surface area contributed by atoms with E-state index >= 15 is 0 Å². The van der Waals surface area contributed by atoms with E-state index in [-0.39, 0.29) is 19.6 Å². The average Bonchev–Trinajstić information content (AvgIpc) is 3.35. The van der Waals surface area contributed by atoms with E-state index in [0.29, 0.717) is 28.7 Å². The summed E-state index contributed by atoms with van der Waals surface area (Å²) in [7, 11) is -7.54. The first-order valence-electron chi connectivity index (χ1n) is 22.1. The molecule has 0 radical (unpaired) electrons. The zero-order chi connectivity index (χ0) is 47.4. The van der Waals surface area contributed by atoms with Gasteiger partial charge in [0.15, 0.2) is 0 Å². The quantitative estimate of drug-likeness (QED) is 0.0897. The number of hydrogen-bond acceptors (Lipinski definition) is 6. The molecule has 0 aliphatic rings. The monoisotopic (exact) mass is 964 g/mol. The number of benzene rings is 8. The van der Waals surface area contributed by atoms with Crippen LogP contribution in [0, 0.1) is 0 Å². The van der Waals surface area contributed by atoms with Crippen molar-refractivity contribution in [1.82, 2.24) is 0 Å². The molecule has 8 rings (SSSR count). The van der Waals surface area contributed by atoms with Crippen molar-refractivity contribution < 1.29 is 26.3 Å². The first-order chi connectivity index (χ1) is 32.1. The molecule has 67 heavy (non-hydrogen) atoms. The van der Waals surface area contributed by atoms with Crippen molar-refractivity contribution in [3.05, 3.63) is 210 Å². The molecule has 340 valence electrons. The van der Waals surface area contributed by atoms with Crippen LogP contribution in [-0.2, 0) is 30.1 Å². The van der Waals surface area contributed by atoms with E-state index in [0.717, 1.165) is 57.3 Å². The van der Waals surface area contributed by atoms with Crippen LogP contribution < -0.4 is 9.47 Å². The Hall–Kier alpha value is -6.16. The molecule has 0 fully saturated rings. The largest absolute Gasteiger partial charge is 0.482 e. The van der Waals surface area contributed by atoms with Crippen molar-refractivity contribution in [3.8, 4) is 50.6 Å². The highest BCUT2D eigenvalue weighted by molar-refractivity contribution is 7.91. The molecule has 0 saturated heterocycles. The highest BCUT2D eigenvalue weighted by atomic mass is 35.5. The van der Waals surface area contributed by atoms with E-state index in [1.54, 1.807) is 72.8 Å². The topological polar surface area (TPSA) is 86.7 Å². The summed E-state index contributed by atoms with van der Waals surface area (Å²) < 4.78 is 67.7. The maximum atomic E-state index is 13.7. The first kappa shape index (κ1) is 47.3. The number of ether oxygens (including phenoxy) is 2. The fraction of sp³-hybridized carbons (Fsp3) is 0.158. The van der Waals surface area contributed by atoms with Crippen LogP contribution in [0.1, 0.15) is 58.1 Å². The van der Waals surface area contributed by atoms with Crippen molar-refractivity contribution in [1.29, 1.82) is 0 Å². The lowest BCUT2D eigenvalue weighted by molar-refractivity contribution is 0.0832.